The van der Waals surface area contributed by atoms with Crippen LogP contribution in [-0.2, 0) is 6.54 Å². The zero-order valence-electron chi connectivity index (χ0n) is 14.0. The van der Waals surface area contributed by atoms with E-state index < -0.39 is 0 Å². The van der Waals surface area contributed by atoms with Crippen molar-refractivity contribution in [3.63, 3.8) is 0 Å². The first-order valence-electron chi connectivity index (χ1n) is 7.83. The standard InChI is InChI=1S/C21H16ClN3/c1-4-16-5-7-17(8-6-16)13-25-15(3)21(14(2)24-25)18-9-10-19(12-23)20(22)11-18/h1,5-11H,13H2,2-3H3. The molecule has 3 rings (SSSR count). The van der Waals surface area contributed by atoms with Crippen LogP contribution >= 0.6 is 11.6 Å². The molecule has 0 aliphatic rings. The Hall–Kier alpha value is -3.01. The second kappa shape index (κ2) is 6.85. The van der Waals surface area contributed by atoms with Crippen LogP contribution in [0.1, 0.15) is 28.1 Å². The van der Waals surface area contributed by atoms with Crippen LogP contribution < -0.4 is 0 Å². The van der Waals surface area contributed by atoms with Gasteiger partial charge >= 0.3 is 0 Å². The van der Waals surface area contributed by atoms with Gasteiger partial charge in [-0.15, -0.1) is 6.42 Å². The number of aromatic nitrogens is 2. The number of hydrogen-bond acceptors (Lipinski definition) is 2. The summed E-state index contributed by atoms with van der Waals surface area (Å²) in [5.74, 6) is 2.62. The number of aryl methyl sites for hydroxylation is 1. The van der Waals surface area contributed by atoms with Crippen molar-refractivity contribution in [2.24, 2.45) is 0 Å². The normalized spacial score (nSPS) is 10.3. The molecule has 3 aromatic rings. The van der Waals surface area contributed by atoms with Gasteiger partial charge in [0.2, 0.25) is 0 Å². The van der Waals surface area contributed by atoms with E-state index in [2.05, 4.69) is 17.1 Å². The molecule has 0 amide bonds. The lowest BCUT2D eigenvalue weighted by Gasteiger charge is -2.07. The van der Waals surface area contributed by atoms with Crippen LogP contribution in [0.25, 0.3) is 11.1 Å². The van der Waals surface area contributed by atoms with Gasteiger partial charge in [0, 0.05) is 16.8 Å². The van der Waals surface area contributed by atoms with E-state index in [0.717, 1.165) is 33.6 Å². The Morgan fingerprint density at radius 1 is 1.16 bits per heavy atom. The summed E-state index contributed by atoms with van der Waals surface area (Å²) in [6, 6.07) is 15.5. The quantitative estimate of drug-likeness (QED) is 0.644. The van der Waals surface area contributed by atoms with Gasteiger partial charge in [0.15, 0.2) is 0 Å². The Morgan fingerprint density at radius 2 is 1.88 bits per heavy atom. The van der Waals surface area contributed by atoms with Crippen LogP contribution in [0.2, 0.25) is 5.02 Å². The molecule has 0 fully saturated rings. The van der Waals surface area contributed by atoms with Crippen molar-refractivity contribution >= 4 is 11.6 Å². The van der Waals surface area contributed by atoms with E-state index in [0.29, 0.717) is 17.1 Å². The highest BCUT2D eigenvalue weighted by atomic mass is 35.5. The molecule has 122 valence electrons. The number of halogens is 1. The molecule has 0 saturated heterocycles. The predicted octanol–water partition coefficient (Wildman–Crippen LogP) is 4.72. The number of terminal acetylenes is 1. The summed E-state index contributed by atoms with van der Waals surface area (Å²) in [7, 11) is 0. The first-order chi connectivity index (χ1) is 12.0. The predicted molar refractivity (Wildman–Crippen MR) is 100 cm³/mol. The summed E-state index contributed by atoms with van der Waals surface area (Å²) in [4.78, 5) is 0. The molecule has 0 N–H and O–H groups in total. The van der Waals surface area contributed by atoms with Crippen LogP contribution in [0, 0.1) is 37.5 Å². The summed E-state index contributed by atoms with van der Waals surface area (Å²) in [5.41, 5.74) is 6.47. The van der Waals surface area contributed by atoms with Gasteiger partial charge in [0.05, 0.1) is 22.8 Å². The molecule has 1 aromatic heterocycles. The summed E-state index contributed by atoms with van der Waals surface area (Å²) < 4.78 is 1.97. The Bertz CT molecular complexity index is 1020. The minimum absolute atomic E-state index is 0.455. The maximum atomic E-state index is 9.03. The fourth-order valence-electron chi connectivity index (χ4n) is 2.91. The molecular weight excluding hydrogens is 330 g/mol. The van der Waals surface area contributed by atoms with Crippen molar-refractivity contribution in [2.75, 3.05) is 0 Å². The van der Waals surface area contributed by atoms with Crippen LogP contribution in [0.3, 0.4) is 0 Å². The molecule has 0 radical (unpaired) electrons. The van der Waals surface area contributed by atoms with Crippen molar-refractivity contribution in [1.82, 2.24) is 9.78 Å². The third-order valence-electron chi connectivity index (χ3n) is 4.21. The molecular formula is C21H16ClN3. The Labute approximate surface area is 152 Å². The van der Waals surface area contributed by atoms with E-state index in [1.165, 1.54) is 0 Å². The van der Waals surface area contributed by atoms with Crippen LogP contribution in [-0.4, -0.2) is 9.78 Å². The number of rotatable bonds is 3. The smallest absolute Gasteiger partial charge is 0.101 e. The van der Waals surface area contributed by atoms with Gasteiger partial charge in [-0.3, -0.25) is 4.68 Å². The fourth-order valence-corrected chi connectivity index (χ4v) is 3.13. The first-order valence-corrected chi connectivity index (χ1v) is 8.21. The van der Waals surface area contributed by atoms with Gasteiger partial charge < -0.3 is 0 Å². The highest BCUT2D eigenvalue weighted by Crippen LogP contribution is 2.30. The Balaban J connectivity index is 1.97. The molecule has 25 heavy (non-hydrogen) atoms. The lowest BCUT2D eigenvalue weighted by Crippen LogP contribution is -2.04. The van der Waals surface area contributed by atoms with Gasteiger partial charge in [-0.1, -0.05) is 35.7 Å². The van der Waals surface area contributed by atoms with Crippen molar-refractivity contribution in [3.8, 4) is 29.5 Å². The lowest BCUT2D eigenvalue weighted by atomic mass is 10.0. The highest BCUT2D eigenvalue weighted by molar-refractivity contribution is 6.32. The Morgan fingerprint density at radius 3 is 2.48 bits per heavy atom. The van der Waals surface area contributed by atoms with Crippen molar-refractivity contribution in [2.45, 2.75) is 20.4 Å². The van der Waals surface area contributed by atoms with Crippen molar-refractivity contribution < 1.29 is 0 Å². The molecule has 4 heteroatoms. The number of benzene rings is 2. The minimum Gasteiger partial charge on any atom is -0.265 e. The summed E-state index contributed by atoms with van der Waals surface area (Å²) in [5, 5.41) is 14.2. The fraction of sp³-hybridized carbons (Fsp3) is 0.143. The third kappa shape index (κ3) is 3.29. The topological polar surface area (TPSA) is 41.6 Å². The first kappa shape index (κ1) is 16.8. The van der Waals surface area contributed by atoms with Crippen molar-refractivity contribution in [3.05, 3.63) is 75.6 Å². The zero-order chi connectivity index (χ0) is 18.0. The van der Waals surface area contributed by atoms with Gasteiger partial charge in [-0.05, 0) is 49.2 Å². The number of nitrogens with zero attached hydrogens (tertiary/aromatic N) is 3. The maximum Gasteiger partial charge on any atom is 0.101 e. The SMILES string of the molecule is C#Cc1ccc(Cn2nc(C)c(-c3ccc(C#N)c(Cl)c3)c2C)cc1. The van der Waals surface area contributed by atoms with E-state index in [1.54, 1.807) is 6.07 Å². The zero-order valence-corrected chi connectivity index (χ0v) is 14.8. The average molecular weight is 346 g/mol. The molecule has 0 bridgehead atoms. The summed E-state index contributed by atoms with van der Waals surface area (Å²) in [6.45, 7) is 4.69. The Kier molecular flexibility index (Phi) is 4.61. The highest BCUT2D eigenvalue weighted by Gasteiger charge is 2.15. The van der Waals surface area contributed by atoms with E-state index in [-0.39, 0.29) is 0 Å². The molecule has 0 atom stereocenters. The van der Waals surface area contributed by atoms with Crippen LogP contribution in [0.15, 0.2) is 42.5 Å². The molecule has 2 aromatic carbocycles. The van der Waals surface area contributed by atoms with Gasteiger partial charge in [-0.25, -0.2) is 0 Å². The molecule has 3 nitrogen and oxygen atoms in total. The molecule has 0 saturated carbocycles. The summed E-state index contributed by atoms with van der Waals surface area (Å²) in [6.07, 6.45) is 5.40. The second-order valence-electron chi connectivity index (χ2n) is 5.85. The van der Waals surface area contributed by atoms with Gasteiger partial charge in [-0.2, -0.15) is 10.4 Å². The molecule has 0 unspecified atom stereocenters. The van der Waals surface area contributed by atoms with Gasteiger partial charge in [0.25, 0.3) is 0 Å². The number of hydrogen-bond donors (Lipinski definition) is 0. The lowest BCUT2D eigenvalue weighted by molar-refractivity contribution is 0.659. The summed E-state index contributed by atoms with van der Waals surface area (Å²) >= 11 is 6.18. The maximum absolute atomic E-state index is 9.03. The average Bonchev–Trinajstić information content (AvgIpc) is 2.89. The largest absolute Gasteiger partial charge is 0.265 e. The molecule has 0 aliphatic carbocycles. The van der Waals surface area contributed by atoms with E-state index >= 15 is 0 Å². The van der Waals surface area contributed by atoms with E-state index in [4.69, 9.17) is 23.3 Å². The van der Waals surface area contributed by atoms with E-state index in [1.807, 2.05) is 54.9 Å². The van der Waals surface area contributed by atoms with Crippen molar-refractivity contribution in [1.29, 1.82) is 5.26 Å². The third-order valence-corrected chi connectivity index (χ3v) is 4.53. The number of nitriles is 1. The monoisotopic (exact) mass is 345 g/mol. The second-order valence-corrected chi connectivity index (χ2v) is 6.26. The molecule has 0 aliphatic heterocycles. The molecule has 0 spiro atoms. The van der Waals surface area contributed by atoms with Gasteiger partial charge in [0.1, 0.15) is 6.07 Å². The molecule has 1 heterocycles. The van der Waals surface area contributed by atoms with Crippen LogP contribution in [0.5, 0.6) is 0 Å². The van der Waals surface area contributed by atoms with E-state index in [9.17, 15) is 0 Å². The van der Waals surface area contributed by atoms with Crippen LogP contribution in [0.4, 0.5) is 0 Å². The minimum atomic E-state index is 0.455.